The number of nitrogens with zero attached hydrogens (tertiary/aromatic N) is 3. The minimum Gasteiger partial charge on any atom is -0.454 e. The predicted octanol–water partition coefficient (Wildman–Crippen LogP) is 11.8. The summed E-state index contributed by atoms with van der Waals surface area (Å²) in [6.07, 6.45) is 3.46. The van der Waals surface area contributed by atoms with E-state index in [0.717, 1.165) is 61.8 Å². The van der Waals surface area contributed by atoms with Gasteiger partial charge in [-0.2, -0.15) is 0 Å². The fourth-order valence-corrected chi connectivity index (χ4v) is 9.94. The van der Waals surface area contributed by atoms with Crippen LogP contribution in [0.1, 0.15) is 31.4 Å². The van der Waals surface area contributed by atoms with Crippen molar-refractivity contribution < 1.29 is 4.42 Å². The molecule has 0 saturated heterocycles. The van der Waals surface area contributed by atoms with E-state index in [9.17, 15) is 0 Å². The Labute approximate surface area is 329 Å². The first kappa shape index (κ1) is 32.2. The number of furan rings is 1. The average Bonchev–Trinajstić information content (AvgIpc) is 3.89. The molecule has 3 aromatic heterocycles. The zero-order valence-electron chi connectivity index (χ0n) is 31.7. The zero-order valence-corrected chi connectivity index (χ0v) is 31.7. The first-order valence-electron chi connectivity index (χ1n) is 19.9. The van der Waals surface area contributed by atoms with Crippen LogP contribution in [0.2, 0.25) is 0 Å². The normalized spacial score (nSPS) is 15.5. The van der Waals surface area contributed by atoms with Crippen molar-refractivity contribution in [2.75, 3.05) is 0 Å². The summed E-state index contributed by atoms with van der Waals surface area (Å²) in [5.74, 6) is 1.10. The van der Waals surface area contributed by atoms with Crippen LogP contribution < -0.4 is 10.6 Å². The van der Waals surface area contributed by atoms with E-state index in [1.54, 1.807) is 0 Å². The maximum absolute atomic E-state index is 6.95. The standard InChI is InChI=1S/C53H37N3O/c1-53(2)41-19-9-6-15-38(41)48-42(53)29-30-45-49(48)40-17-8-11-21-44(40)56(45)46-22-12-18-37-36-28-27-35(31-47(36)57-51(37)46)52-54-43-20-10-7-16-39(43)50(55-52)34-25-23-33(24-26-34)32-13-4-3-5-14-32/h3-28,30-31,42H,29H2,1-2H3. The summed E-state index contributed by atoms with van der Waals surface area (Å²) in [4.78, 5) is 10.3. The Bertz CT molecular complexity index is 3410. The smallest absolute Gasteiger partial charge is 0.160 e. The van der Waals surface area contributed by atoms with Gasteiger partial charge in [0.05, 0.1) is 27.8 Å². The van der Waals surface area contributed by atoms with E-state index in [2.05, 4.69) is 176 Å². The van der Waals surface area contributed by atoms with Crippen LogP contribution in [-0.2, 0) is 5.41 Å². The van der Waals surface area contributed by atoms with Gasteiger partial charge in [0.25, 0.3) is 0 Å². The summed E-state index contributed by atoms with van der Waals surface area (Å²) in [5, 5.41) is 7.07. The third kappa shape index (κ3) is 4.68. The highest BCUT2D eigenvalue weighted by molar-refractivity contribution is 6.09. The van der Waals surface area contributed by atoms with E-state index < -0.39 is 0 Å². The Hall–Kier alpha value is -7.04. The van der Waals surface area contributed by atoms with Gasteiger partial charge in [0.15, 0.2) is 11.4 Å². The van der Waals surface area contributed by atoms with E-state index in [4.69, 9.17) is 14.4 Å². The van der Waals surface area contributed by atoms with Crippen LogP contribution in [0.5, 0.6) is 0 Å². The molecule has 0 bridgehead atoms. The molecule has 3 heterocycles. The fraction of sp³-hybridized carbons (Fsp3) is 0.0943. The van der Waals surface area contributed by atoms with Gasteiger partial charge in [-0.25, -0.2) is 9.97 Å². The summed E-state index contributed by atoms with van der Waals surface area (Å²) in [5.41, 5.74) is 14.5. The number of benzene rings is 7. The number of aromatic nitrogens is 3. The van der Waals surface area contributed by atoms with Crippen LogP contribution in [0.4, 0.5) is 0 Å². The molecule has 0 N–H and O–H groups in total. The third-order valence-corrected chi connectivity index (χ3v) is 12.7. The van der Waals surface area contributed by atoms with E-state index in [-0.39, 0.29) is 5.41 Å². The zero-order chi connectivity index (χ0) is 37.8. The molecular formula is C53H37N3O. The third-order valence-electron chi connectivity index (χ3n) is 12.7. The van der Waals surface area contributed by atoms with Crippen molar-refractivity contribution in [1.82, 2.24) is 14.5 Å². The number of para-hydroxylation sites is 3. The van der Waals surface area contributed by atoms with Crippen LogP contribution in [0.15, 0.2) is 168 Å². The second-order valence-electron chi connectivity index (χ2n) is 16.1. The topological polar surface area (TPSA) is 43.9 Å². The number of rotatable bonds is 4. The molecule has 1 atom stereocenters. The summed E-state index contributed by atoms with van der Waals surface area (Å²) in [6.45, 7) is 4.83. The molecule has 0 fully saturated rings. The number of fused-ring (bicyclic) bond motifs is 10. The molecule has 4 heteroatoms. The van der Waals surface area contributed by atoms with Crippen LogP contribution in [0, 0.1) is 5.92 Å². The molecule has 10 aromatic rings. The summed E-state index contributed by atoms with van der Waals surface area (Å²) in [7, 11) is 0. The second kappa shape index (κ2) is 12.0. The van der Waals surface area contributed by atoms with Gasteiger partial charge in [-0.1, -0.05) is 153 Å². The molecule has 4 nitrogen and oxygen atoms in total. The predicted molar refractivity (Wildman–Crippen MR) is 234 cm³/mol. The Kier molecular flexibility index (Phi) is 6.77. The summed E-state index contributed by atoms with van der Waals surface area (Å²) < 4.78 is 9.39. The second-order valence-corrected chi connectivity index (χ2v) is 16.1. The van der Waals surface area contributed by atoms with Crippen molar-refractivity contribution in [2.45, 2.75) is 25.7 Å². The molecule has 0 saturated carbocycles. The molecule has 12 rings (SSSR count). The van der Waals surface area contributed by atoms with Gasteiger partial charge >= 0.3 is 0 Å². The molecular weight excluding hydrogens is 695 g/mol. The maximum Gasteiger partial charge on any atom is 0.160 e. The quantitative estimate of drug-likeness (QED) is 0.181. The van der Waals surface area contributed by atoms with Crippen molar-refractivity contribution in [2.24, 2.45) is 5.92 Å². The summed E-state index contributed by atoms with van der Waals surface area (Å²) >= 11 is 0. The molecule has 0 radical (unpaired) electrons. The molecule has 57 heavy (non-hydrogen) atoms. The van der Waals surface area contributed by atoms with Gasteiger partial charge in [0, 0.05) is 37.9 Å². The van der Waals surface area contributed by atoms with E-state index in [0.29, 0.717) is 11.7 Å². The number of hydrogen-bond acceptors (Lipinski definition) is 3. The lowest BCUT2D eigenvalue weighted by Crippen LogP contribution is -2.37. The first-order chi connectivity index (χ1) is 28.0. The van der Waals surface area contributed by atoms with Gasteiger partial charge in [0.1, 0.15) is 5.58 Å². The lowest BCUT2D eigenvalue weighted by molar-refractivity contribution is 0.419. The minimum atomic E-state index is 0.0578. The highest BCUT2D eigenvalue weighted by Crippen LogP contribution is 2.51. The largest absolute Gasteiger partial charge is 0.454 e. The average molecular weight is 732 g/mol. The summed E-state index contributed by atoms with van der Waals surface area (Å²) in [6, 6.07) is 58.3. The van der Waals surface area contributed by atoms with Crippen LogP contribution >= 0.6 is 0 Å². The van der Waals surface area contributed by atoms with Gasteiger partial charge in [-0.15, -0.1) is 0 Å². The van der Waals surface area contributed by atoms with Crippen molar-refractivity contribution in [3.05, 3.63) is 185 Å². The Balaban J connectivity index is 1.03. The van der Waals surface area contributed by atoms with Gasteiger partial charge in [-0.3, -0.25) is 0 Å². The number of hydrogen-bond donors (Lipinski definition) is 0. The van der Waals surface area contributed by atoms with Crippen molar-refractivity contribution in [3.63, 3.8) is 0 Å². The fourth-order valence-electron chi connectivity index (χ4n) is 9.94. The molecule has 0 aliphatic heterocycles. The van der Waals surface area contributed by atoms with Gasteiger partial charge in [-0.05, 0) is 75.9 Å². The lowest BCUT2D eigenvalue weighted by Gasteiger charge is -2.29. The van der Waals surface area contributed by atoms with Crippen molar-refractivity contribution >= 4 is 55.4 Å². The van der Waals surface area contributed by atoms with Crippen LogP contribution in [-0.4, -0.2) is 14.5 Å². The van der Waals surface area contributed by atoms with Crippen molar-refractivity contribution in [1.29, 1.82) is 0 Å². The first-order valence-corrected chi connectivity index (χ1v) is 19.9. The molecule has 7 aromatic carbocycles. The van der Waals surface area contributed by atoms with Crippen LogP contribution in [0.25, 0.3) is 94.9 Å². The van der Waals surface area contributed by atoms with Crippen LogP contribution in [0.3, 0.4) is 0 Å². The Morgan fingerprint density at radius 1 is 0.596 bits per heavy atom. The lowest BCUT2D eigenvalue weighted by atomic mass is 9.74. The highest BCUT2D eigenvalue weighted by Gasteiger charge is 2.44. The molecule has 2 aliphatic carbocycles. The van der Waals surface area contributed by atoms with E-state index >= 15 is 0 Å². The van der Waals surface area contributed by atoms with E-state index in [1.165, 1.54) is 49.3 Å². The molecule has 0 amide bonds. The Morgan fingerprint density at radius 3 is 2.18 bits per heavy atom. The molecule has 1 unspecified atom stereocenters. The maximum atomic E-state index is 6.95. The minimum absolute atomic E-state index is 0.0578. The van der Waals surface area contributed by atoms with Gasteiger partial charge in [0.2, 0.25) is 0 Å². The highest BCUT2D eigenvalue weighted by atomic mass is 16.3. The molecule has 2 aliphatic rings. The van der Waals surface area contributed by atoms with Crippen molar-refractivity contribution in [3.8, 4) is 39.5 Å². The van der Waals surface area contributed by atoms with E-state index in [1.807, 2.05) is 12.1 Å². The molecule has 270 valence electrons. The monoisotopic (exact) mass is 731 g/mol. The SMILES string of the molecule is CC1(C)c2ccccc2C2=c3c(n(-c4cccc5c4oc4cc(-c6nc(-c7ccc(-c8ccccc8)cc7)c7ccccc7n6)ccc45)c4ccccc34)=CCC21. The molecule has 0 spiro atoms. The Morgan fingerprint density at radius 2 is 1.30 bits per heavy atom. The van der Waals surface area contributed by atoms with Gasteiger partial charge < -0.3 is 8.98 Å².